The quantitative estimate of drug-likeness (QED) is 0.172. The highest BCUT2D eigenvalue weighted by Crippen LogP contribution is 2.45. The van der Waals surface area contributed by atoms with E-state index in [4.69, 9.17) is 19.4 Å². The molecule has 0 spiro atoms. The molecule has 0 aliphatic heterocycles. The van der Waals surface area contributed by atoms with Crippen LogP contribution >= 0.6 is 0 Å². The Hall–Kier alpha value is -7.63. The molecule has 0 fully saturated rings. The van der Waals surface area contributed by atoms with E-state index in [2.05, 4.69) is 150 Å². The Morgan fingerprint density at radius 2 is 0.839 bits per heavy atom. The summed E-state index contributed by atoms with van der Waals surface area (Å²) in [6, 6.07) is 67.4. The van der Waals surface area contributed by atoms with Crippen molar-refractivity contribution in [3.63, 3.8) is 0 Å². The van der Waals surface area contributed by atoms with Gasteiger partial charge in [-0.25, -0.2) is 4.98 Å². The molecule has 262 valence electrons. The number of rotatable bonds is 6. The second-order valence-electron chi connectivity index (χ2n) is 14.0. The summed E-state index contributed by atoms with van der Waals surface area (Å²) in [5.74, 6) is 1.70. The van der Waals surface area contributed by atoms with E-state index in [1.165, 1.54) is 11.1 Å². The number of hydrogen-bond acceptors (Lipinski definition) is 4. The van der Waals surface area contributed by atoms with E-state index in [0.29, 0.717) is 17.6 Å². The maximum Gasteiger partial charge on any atom is 0.238 e. The topological polar surface area (TPSA) is 56.7 Å². The standard InChI is InChI=1S/C51H32N4O/c1-4-14-33(15-5-1)35-24-28-37(29-25-35)42-32-43-40-20-11-13-23-45(40)56-48(43)47-46(42)41-21-10-12-22-44(41)55(47)51-53-49(38-18-8-3-9-19-38)52-50(54-51)39-30-26-36(27-31-39)34-16-6-2-7-17-34/h1-32H. The summed E-state index contributed by atoms with van der Waals surface area (Å²) >= 11 is 0. The first-order valence-electron chi connectivity index (χ1n) is 18.8. The lowest BCUT2D eigenvalue weighted by molar-refractivity contribution is 0.670. The predicted octanol–water partition coefficient (Wildman–Crippen LogP) is 13.2. The molecule has 0 saturated heterocycles. The molecule has 0 bridgehead atoms. The smallest absolute Gasteiger partial charge is 0.238 e. The van der Waals surface area contributed by atoms with Gasteiger partial charge in [0.15, 0.2) is 17.2 Å². The van der Waals surface area contributed by atoms with Crippen LogP contribution in [0.25, 0.3) is 106 Å². The fraction of sp³-hybridized carbons (Fsp3) is 0. The summed E-state index contributed by atoms with van der Waals surface area (Å²) < 4.78 is 8.99. The summed E-state index contributed by atoms with van der Waals surface area (Å²) in [4.78, 5) is 15.6. The van der Waals surface area contributed by atoms with Crippen molar-refractivity contribution in [1.82, 2.24) is 19.5 Å². The third kappa shape index (κ3) is 5.29. The van der Waals surface area contributed by atoms with Gasteiger partial charge >= 0.3 is 0 Å². The molecule has 56 heavy (non-hydrogen) atoms. The van der Waals surface area contributed by atoms with Gasteiger partial charge in [0, 0.05) is 32.7 Å². The summed E-state index contributed by atoms with van der Waals surface area (Å²) in [6.45, 7) is 0. The van der Waals surface area contributed by atoms with Crippen LogP contribution < -0.4 is 0 Å². The molecule has 0 aliphatic rings. The predicted molar refractivity (Wildman–Crippen MR) is 229 cm³/mol. The molecule has 0 N–H and O–H groups in total. The fourth-order valence-electron chi connectivity index (χ4n) is 7.99. The highest BCUT2D eigenvalue weighted by Gasteiger charge is 2.25. The van der Waals surface area contributed by atoms with E-state index in [-0.39, 0.29) is 0 Å². The Bertz CT molecular complexity index is 3200. The molecule has 5 nitrogen and oxygen atoms in total. The molecule has 11 rings (SSSR count). The van der Waals surface area contributed by atoms with Gasteiger partial charge in [-0.2, -0.15) is 9.97 Å². The molecular formula is C51H32N4O. The van der Waals surface area contributed by atoms with Gasteiger partial charge in [-0.3, -0.25) is 4.57 Å². The first kappa shape index (κ1) is 31.9. The highest BCUT2D eigenvalue weighted by atomic mass is 16.3. The van der Waals surface area contributed by atoms with Gasteiger partial charge in [-0.05, 0) is 51.6 Å². The lowest BCUT2D eigenvalue weighted by Gasteiger charge is -2.12. The molecule has 8 aromatic carbocycles. The van der Waals surface area contributed by atoms with Crippen LogP contribution in [-0.2, 0) is 0 Å². The number of benzene rings is 8. The van der Waals surface area contributed by atoms with Gasteiger partial charge in [-0.15, -0.1) is 0 Å². The van der Waals surface area contributed by atoms with Gasteiger partial charge in [0.25, 0.3) is 0 Å². The van der Waals surface area contributed by atoms with E-state index in [1.807, 2.05) is 48.5 Å². The molecule has 0 unspecified atom stereocenters. The van der Waals surface area contributed by atoms with Crippen LogP contribution in [0.3, 0.4) is 0 Å². The van der Waals surface area contributed by atoms with Gasteiger partial charge in [0.2, 0.25) is 5.95 Å². The van der Waals surface area contributed by atoms with Crippen molar-refractivity contribution in [2.24, 2.45) is 0 Å². The van der Waals surface area contributed by atoms with Crippen molar-refractivity contribution in [3.05, 3.63) is 194 Å². The zero-order valence-electron chi connectivity index (χ0n) is 30.2. The molecular weight excluding hydrogens is 685 g/mol. The molecule has 3 heterocycles. The van der Waals surface area contributed by atoms with Gasteiger partial charge in [0.1, 0.15) is 11.1 Å². The lowest BCUT2D eigenvalue weighted by Crippen LogP contribution is -2.06. The van der Waals surface area contributed by atoms with Crippen molar-refractivity contribution >= 4 is 43.7 Å². The number of nitrogens with zero attached hydrogens (tertiary/aromatic N) is 4. The molecule has 0 atom stereocenters. The zero-order valence-corrected chi connectivity index (χ0v) is 30.2. The molecule has 0 amide bonds. The van der Waals surface area contributed by atoms with Gasteiger partial charge < -0.3 is 4.42 Å². The molecule has 0 saturated carbocycles. The Morgan fingerprint density at radius 1 is 0.375 bits per heavy atom. The van der Waals surface area contributed by atoms with E-state index in [1.54, 1.807) is 0 Å². The number of para-hydroxylation sites is 2. The lowest BCUT2D eigenvalue weighted by atomic mass is 9.95. The Kier molecular flexibility index (Phi) is 7.42. The average Bonchev–Trinajstić information content (AvgIpc) is 3.83. The molecule has 5 heteroatoms. The molecule has 11 aromatic rings. The minimum atomic E-state index is 0.519. The molecule has 0 radical (unpaired) electrons. The number of furan rings is 1. The van der Waals surface area contributed by atoms with Crippen LogP contribution in [0.1, 0.15) is 0 Å². The maximum atomic E-state index is 6.82. The largest absolute Gasteiger partial charge is 0.454 e. The van der Waals surface area contributed by atoms with Crippen molar-refractivity contribution in [2.75, 3.05) is 0 Å². The van der Waals surface area contributed by atoms with Crippen LogP contribution in [0.5, 0.6) is 0 Å². The minimum absolute atomic E-state index is 0.519. The Morgan fingerprint density at radius 3 is 1.46 bits per heavy atom. The van der Waals surface area contributed by atoms with Crippen molar-refractivity contribution in [1.29, 1.82) is 0 Å². The third-order valence-electron chi connectivity index (χ3n) is 10.7. The number of hydrogen-bond donors (Lipinski definition) is 0. The van der Waals surface area contributed by atoms with Crippen LogP contribution in [-0.4, -0.2) is 19.5 Å². The van der Waals surface area contributed by atoms with E-state index < -0.39 is 0 Å². The number of aromatic nitrogens is 4. The first-order valence-corrected chi connectivity index (χ1v) is 18.8. The van der Waals surface area contributed by atoms with Crippen LogP contribution in [0.2, 0.25) is 0 Å². The summed E-state index contributed by atoms with van der Waals surface area (Å²) in [5.41, 5.74) is 12.2. The van der Waals surface area contributed by atoms with E-state index >= 15 is 0 Å². The highest BCUT2D eigenvalue weighted by molar-refractivity contribution is 6.26. The fourth-order valence-corrected chi connectivity index (χ4v) is 7.99. The second-order valence-corrected chi connectivity index (χ2v) is 14.0. The molecule has 0 aliphatic carbocycles. The SMILES string of the molecule is c1ccc(-c2ccc(-c3nc(-c4ccccc4)nc(-n4c5ccccc5c5c(-c6ccc(-c7ccccc7)cc6)cc6c7ccccc7oc6c54)n3)cc2)cc1. The van der Waals surface area contributed by atoms with Gasteiger partial charge in [-0.1, -0.05) is 176 Å². The average molecular weight is 717 g/mol. The van der Waals surface area contributed by atoms with Crippen LogP contribution in [0, 0.1) is 0 Å². The Balaban J connectivity index is 1.20. The van der Waals surface area contributed by atoms with E-state index in [0.717, 1.165) is 77.1 Å². The minimum Gasteiger partial charge on any atom is -0.454 e. The van der Waals surface area contributed by atoms with Crippen LogP contribution in [0.4, 0.5) is 0 Å². The van der Waals surface area contributed by atoms with Gasteiger partial charge in [0.05, 0.1) is 5.52 Å². The first-order chi connectivity index (χ1) is 27.8. The third-order valence-corrected chi connectivity index (χ3v) is 10.7. The number of fused-ring (bicyclic) bond motifs is 7. The summed E-state index contributed by atoms with van der Waals surface area (Å²) in [6.07, 6.45) is 0. The van der Waals surface area contributed by atoms with Crippen molar-refractivity contribution in [3.8, 4) is 62.1 Å². The molecule has 3 aromatic heterocycles. The van der Waals surface area contributed by atoms with Crippen molar-refractivity contribution in [2.45, 2.75) is 0 Å². The van der Waals surface area contributed by atoms with Crippen LogP contribution in [0.15, 0.2) is 199 Å². The Labute approximate surface area is 322 Å². The maximum absolute atomic E-state index is 6.82. The van der Waals surface area contributed by atoms with E-state index in [9.17, 15) is 0 Å². The van der Waals surface area contributed by atoms with Crippen molar-refractivity contribution < 1.29 is 4.42 Å². The summed E-state index contributed by atoms with van der Waals surface area (Å²) in [7, 11) is 0. The second kappa shape index (κ2) is 13.0. The zero-order chi connectivity index (χ0) is 37.0. The monoisotopic (exact) mass is 716 g/mol. The summed E-state index contributed by atoms with van der Waals surface area (Å²) in [5, 5.41) is 4.26. The normalized spacial score (nSPS) is 11.6.